The predicted octanol–water partition coefficient (Wildman–Crippen LogP) is 5.00. The number of methoxy groups -OCH3 is 3. The summed E-state index contributed by atoms with van der Waals surface area (Å²) in [6.45, 7) is 0. The molecule has 0 saturated carbocycles. The molecule has 0 unspecified atom stereocenters. The van der Waals surface area contributed by atoms with Gasteiger partial charge in [-0.2, -0.15) is 15.5 Å². The number of rotatable bonds is 7. The van der Waals surface area contributed by atoms with Crippen molar-refractivity contribution < 1.29 is 18.9 Å². The Morgan fingerprint density at radius 2 is 1.48 bits per heavy atom. The van der Waals surface area contributed by atoms with Gasteiger partial charge < -0.3 is 24.3 Å². The summed E-state index contributed by atoms with van der Waals surface area (Å²) in [5, 5.41) is 23.2. The molecular formula is C23H17N5O4S. The fraction of sp³-hybridized carbons (Fsp3) is 0.130. The second kappa shape index (κ2) is 9.30. The highest BCUT2D eigenvalue weighted by molar-refractivity contribution is 7.17. The first-order chi connectivity index (χ1) is 16.1. The molecule has 4 aromatic rings. The quantitative estimate of drug-likeness (QED) is 0.407. The highest BCUT2D eigenvalue weighted by Crippen LogP contribution is 2.44. The first-order valence-electron chi connectivity index (χ1n) is 9.54. The van der Waals surface area contributed by atoms with E-state index in [4.69, 9.17) is 24.2 Å². The van der Waals surface area contributed by atoms with Crippen LogP contribution in [-0.2, 0) is 0 Å². The zero-order valence-electron chi connectivity index (χ0n) is 17.9. The maximum Gasteiger partial charge on any atom is 0.242 e. The number of nitriles is 2. The molecular weight excluding hydrogens is 442 g/mol. The van der Waals surface area contributed by atoms with Crippen LogP contribution in [0.4, 0.5) is 11.6 Å². The van der Waals surface area contributed by atoms with E-state index >= 15 is 0 Å². The average molecular weight is 459 g/mol. The van der Waals surface area contributed by atoms with Crippen LogP contribution in [0.25, 0.3) is 10.2 Å². The number of ether oxygens (including phenoxy) is 4. The molecule has 0 amide bonds. The number of benzene rings is 2. The van der Waals surface area contributed by atoms with Crippen LogP contribution in [0.2, 0.25) is 0 Å². The van der Waals surface area contributed by atoms with E-state index < -0.39 is 0 Å². The molecule has 1 N–H and O–H groups in total. The zero-order valence-corrected chi connectivity index (χ0v) is 18.7. The van der Waals surface area contributed by atoms with Crippen molar-refractivity contribution in [3.63, 3.8) is 0 Å². The van der Waals surface area contributed by atoms with Crippen LogP contribution in [0, 0.1) is 22.7 Å². The Balaban J connectivity index is 1.81. The Morgan fingerprint density at radius 3 is 2.06 bits per heavy atom. The van der Waals surface area contributed by atoms with Gasteiger partial charge in [-0.05, 0) is 24.3 Å². The van der Waals surface area contributed by atoms with Gasteiger partial charge in [-0.1, -0.05) is 0 Å². The van der Waals surface area contributed by atoms with Crippen LogP contribution in [0.5, 0.6) is 28.9 Å². The molecule has 0 aliphatic carbocycles. The van der Waals surface area contributed by atoms with Crippen molar-refractivity contribution in [3.8, 4) is 41.0 Å². The Morgan fingerprint density at radius 1 is 0.848 bits per heavy atom. The molecule has 0 bridgehead atoms. The molecule has 2 aromatic heterocycles. The van der Waals surface area contributed by atoms with Gasteiger partial charge in [-0.3, -0.25) is 0 Å². The molecule has 0 saturated heterocycles. The number of nitrogens with zero attached hydrogens (tertiary/aromatic N) is 4. The fourth-order valence-corrected chi connectivity index (χ4v) is 3.92. The molecule has 2 heterocycles. The van der Waals surface area contributed by atoms with Gasteiger partial charge in [-0.15, -0.1) is 11.3 Å². The summed E-state index contributed by atoms with van der Waals surface area (Å²) in [6, 6.07) is 14.2. The summed E-state index contributed by atoms with van der Waals surface area (Å²) in [4.78, 5) is 9.12. The number of hydrogen-bond donors (Lipinski definition) is 1. The van der Waals surface area contributed by atoms with E-state index in [-0.39, 0.29) is 17.6 Å². The molecule has 0 radical (unpaired) electrons. The molecule has 0 aliphatic heterocycles. The molecule has 164 valence electrons. The Hall–Kier alpha value is -4.54. The van der Waals surface area contributed by atoms with Gasteiger partial charge in [0.2, 0.25) is 17.6 Å². The summed E-state index contributed by atoms with van der Waals surface area (Å²) in [7, 11) is 4.51. The van der Waals surface area contributed by atoms with E-state index in [1.54, 1.807) is 43.5 Å². The van der Waals surface area contributed by atoms with Crippen LogP contribution in [0.1, 0.15) is 11.1 Å². The predicted molar refractivity (Wildman–Crippen MR) is 123 cm³/mol. The SMILES string of the molecule is COc1cc(C#N)cc(OC)c1Oc1nc(Nc2ccc(C#N)cc2)nc2c(OC)csc12. The molecule has 2 aromatic carbocycles. The largest absolute Gasteiger partial charge is 0.494 e. The summed E-state index contributed by atoms with van der Waals surface area (Å²) in [5.41, 5.74) is 2.17. The standard InChI is InChI=1S/C23H17N5O4S/c1-29-16-8-14(11-25)9-17(30-2)20(16)32-22-21-19(18(31-3)12-33-21)27-23(28-22)26-15-6-4-13(10-24)5-7-15/h4-9,12H,1-3H3,(H,26,27,28). The summed E-state index contributed by atoms with van der Waals surface area (Å²) >= 11 is 1.37. The van der Waals surface area contributed by atoms with Gasteiger partial charge in [0.15, 0.2) is 17.2 Å². The van der Waals surface area contributed by atoms with Crippen LogP contribution in [-0.4, -0.2) is 31.3 Å². The van der Waals surface area contributed by atoms with Crippen LogP contribution in [0.3, 0.4) is 0 Å². The normalized spacial score (nSPS) is 10.2. The van der Waals surface area contributed by atoms with Crippen LogP contribution >= 0.6 is 11.3 Å². The number of fused-ring (bicyclic) bond motifs is 1. The lowest BCUT2D eigenvalue weighted by atomic mass is 10.2. The van der Waals surface area contributed by atoms with E-state index in [1.165, 1.54) is 25.6 Å². The van der Waals surface area contributed by atoms with E-state index in [2.05, 4.69) is 27.4 Å². The minimum Gasteiger partial charge on any atom is -0.494 e. The lowest BCUT2D eigenvalue weighted by molar-refractivity contribution is 0.343. The third-order valence-corrected chi connectivity index (χ3v) is 5.57. The average Bonchev–Trinajstić information content (AvgIpc) is 3.27. The van der Waals surface area contributed by atoms with Gasteiger partial charge in [0.25, 0.3) is 0 Å². The molecule has 0 aliphatic rings. The van der Waals surface area contributed by atoms with E-state index in [0.717, 1.165) is 0 Å². The molecule has 9 nitrogen and oxygen atoms in total. The number of anilines is 2. The fourth-order valence-electron chi connectivity index (χ4n) is 3.04. The van der Waals surface area contributed by atoms with Gasteiger partial charge in [0, 0.05) is 23.2 Å². The maximum absolute atomic E-state index is 9.28. The van der Waals surface area contributed by atoms with Crippen molar-refractivity contribution >= 4 is 33.2 Å². The van der Waals surface area contributed by atoms with Gasteiger partial charge >= 0.3 is 0 Å². The first-order valence-corrected chi connectivity index (χ1v) is 10.4. The van der Waals surface area contributed by atoms with E-state index in [0.29, 0.717) is 44.3 Å². The second-order valence-electron chi connectivity index (χ2n) is 6.57. The lowest BCUT2D eigenvalue weighted by Crippen LogP contribution is -2.01. The van der Waals surface area contributed by atoms with Crippen molar-refractivity contribution in [2.45, 2.75) is 0 Å². The van der Waals surface area contributed by atoms with Gasteiger partial charge in [-0.25, -0.2) is 4.98 Å². The van der Waals surface area contributed by atoms with Crippen molar-refractivity contribution in [2.24, 2.45) is 0 Å². The highest BCUT2D eigenvalue weighted by atomic mass is 32.1. The molecule has 0 fully saturated rings. The van der Waals surface area contributed by atoms with Gasteiger partial charge in [0.05, 0.1) is 44.6 Å². The minimum atomic E-state index is 0.255. The number of nitrogens with one attached hydrogen (secondary N) is 1. The number of aromatic nitrogens is 2. The van der Waals surface area contributed by atoms with Crippen LogP contribution in [0.15, 0.2) is 41.8 Å². The van der Waals surface area contributed by atoms with Crippen molar-refractivity contribution in [1.29, 1.82) is 10.5 Å². The molecule has 10 heteroatoms. The Labute approximate surface area is 193 Å². The Kier molecular flexibility index (Phi) is 6.11. The van der Waals surface area contributed by atoms with Crippen LogP contribution < -0.4 is 24.3 Å². The summed E-state index contributed by atoms with van der Waals surface area (Å²) in [5.74, 6) is 2.02. The first kappa shape index (κ1) is 21.7. The lowest BCUT2D eigenvalue weighted by Gasteiger charge is -2.15. The third-order valence-electron chi connectivity index (χ3n) is 4.63. The van der Waals surface area contributed by atoms with Crippen molar-refractivity contribution in [1.82, 2.24) is 9.97 Å². The van der Waals surface area contributed by atoms with Crippen molar-refractivity contribution in [3.05, 3.63) is 52.9 Å². The highest BCUT2D eigenvalue weighted by Gasteiger charge is 2.21. The van der Waals surface area contributed by atoms with Gasteiger partial charge in [0.1, 0.15) is 10.2 Å². The maximum atomic E-state index is 9.28. The second-order valence-corrected chi connectivity index (χ2v) is 7.45. The third kappa shape index (κ3) is 4.28. The van der Waals surface area contributed by atoms with E-state index in [1.807, 2.05) is 5.38 Å². The van der Waals surface area contributed by atoms with Crippen molar-refractivity contribution in [2.75, 3.05) is 26.6 Å². The van der Waals surface area contributed by atoms with E-state index in [9.17, 15) is 5.26 Å². The topological polar surface area (TPSA) is 122 Å². The summed E-state index contributed by atoms with van der Waals surface area (Å²) in [6.07, 6.45) is 0. The Bertz CT molecular complexity index is 1380. The molecule has 4 rings (SSSR count). The number of hydrogen-bond acceptors (Lipinski definition) is 10. The molecule has 33 heavy (non-hydrogen) atoms. The smallest absolute Gasteiger partial charge is 0.242 e. The minimum absolute atomic E-state index is 0.255. The summed E-state index contributed by atoms with van der Waals surface area (Å²) < 4.78 is 23.1. The molecule has 0 atom stereocenters. The monoisotopic (exact) mass is 459 g/mol. The molecule has 0 spiro atoms. The zero-order chi connectivity index (χ0) is 23.4. The number of thiophene rings is 1.